The molecule has 0 aliphatic heterocycles. The number of sulfonamides is 1. The topological polar surface area (TPSA) is 78.5 Å². The molecule has 1 aliphatic carbocycles. The lowest BCUT2D eigenvalue weighted by molar-refractivity contribution is 0.249. The van der Waals surface area contributed by atoms with E-state index in [1.54, 1.807) is 31.3 Å². The minimum atomic E-state index is -3.49. The summed E-state index contributed by atoms with van der Waals surface area (Å²) in [5.74, 6) is 0. The molecular weight excluding hydrogens is 386 g/mol. The summed E-state index contributed by atoms with van der Waals surface area (Å²) in [5.41, 5.74) is 1.45. The largest absolute Gasteiger partial charge is 0.331 e. The Morgan fingerprint density at radius 1 is 1.11 bits per heavy atom. The highest BCUT2D eigenvalue weighted by Gasteiger charge is 2.34. The Hall–Kier alpha value is -2.09. The van der Waals surface area contributed by atoms with Gasteiger partial charge in [-0.05, 0) is 61.7 Å². The molecule has 0 heterocycles. The van der Waals surface area contributed by atoms with Gasteiger partial charge in [-0.15, -0.1) is 0 Å². The van der Waals surface area contributed by atoms with E-state index in [2.05, 4.69) is 10.6 Å². The summed E-state index contributed by atoms with van der Waals surface area (Å²) < 4.78 is 26.4. The highest BCUT2D eigenvalue weighted by Crippen LogP contribution is 2.30. The molecule has 0 bridgehead atoms. The smallest absolute Gasteiger partial charge is 0.319 e. The highest BCUT2D eigenvalue weighted by molar-refractivity contribution is 7.89. The van der Waals surface area contributed by atoms with Crippen molar-refractivity contribution in [2.45, 2.75) is 36.7 Å². The second kappa shape index (κ2) is 7.88. The number of amides is 2. The van der Waals surface area contributed by atoms with Crippen molar-refractivity contribution >= 4 is 33.3 Å². The molecule has 6 nitrogen and oxygen atoms in total. The minimum Gasteiger partial charge on any atom is -0.331 e. The van der Waals surface area contributed by atoms with Crippen molar-refractivity contribution in [2.24, 2.45) is 0 Å². The van der Waals surface area contributed by atoms with E-state index >= 15 is 0 Å². The first-order chi connectivity index (χ1) is 12.8. The molecule has 1 aliphatic rings. The summed E-state index contributed by atoms with van der Waals surface area (Å²) in [6.45, 7) is 1.87. The maximum atomic E-state index is 12.5. The Morgan fingerprint density at radius 3 is 2.26 bits per heavy atom. The van der Waals surface area contributed by atoms with E-state index in [1.807, 2.05) is 19.1 Å². The van der Waals surface area contributed by atoms with Gasteiger partial charge in [-0.25, -0.2) is 13.2 Å². The zero-order valence-corrected chi connectivity index (χ0v) is 16.7. The van der Waals surface area contributed by atoms with Gasteiger partial charge in [0.05, 0.1) is 10.9 Å². The molecule has 0 aromatic heterocycles. The molecule has 3 rings (SSSR count). The van der Waals surface area contributed by atoms with Crippen molar-refractivity contribution in [3.8, 4) is 0 Å². The Bertz CT molecular complexity index is 910. The van der Waals surface area contributed by atoms with Gasteiger partial charge >= 0.3 is 6.03 Å². The number of anilines is 1. The number of benzene rings is 2. The zero-order valence-electron chi connectivity index (χ0n) is 15.1. The first-order valence-electron chi connectivity index (χ1n) is 8.68. The van der Waals surface area contributed by atoms with Crippen LogP contribution in [0.25, 0.3) is 0 Å². The maximum Gasteiger partial charge on any atom is 0.319 e. The van der Waals surface area contributed by atoms with Crippen LogP contribution in [-0.2, 0) is 10.0 Å². The monoisotopic (exact) mass is 407 g/mol. The van der Waals surface area contributed by atoms with Crippen LogP contribution in [0.1, 0.15) is 31.4 Å². The predicted molar refractivity (Wildman–Crippen MR) is 106 cm³/mol. The molecule has 1 unspecified atom stereocenters. The zero-order chi connectivity index (χ0) is 19.6. The first kappa shape index (κ1) is 19.7. The Morgan fingerprint density at radius 2 is 1.70 bits per heavy atom. The van der Waals surface area contributed by atoms with Crippen LogP contribution in [0.2, 0.25) is 5.02 Å². The van der Waals surface area contributed by atoms with Crippen molar-refractivity contribution in [1.29, 1.82) is 0 Å². The molecule has 2 amide bonds. The summed E-state index contributed by atoms with van der Waals surface area (Å²) in [5, 5.41) is 6.18. The van der Waals surface area contributed by atoms with Crippen molar-refractivity contribution in [3.63, 3.8) is 0 Å². The van der Waals surface area contributed by atoms with E-state index in [1.165, 1.54) is 16.4 Å². The molecule has 0 radical (unpaired) electrons. The lowest BCUT2D eigenvalue weighted by Gasteiger charge is -2.17. The van der Waals surface area contributed by atoms with Crippen LogP contribution in [0.3, 0.4) is 0 Å². The van der Waals surface area contributed by atoms with Crippen LogP contribution < -0.4 is 10.6 Å². The van der Waals surface area contributed by atoms with Crippen LogP contribution >= 0.6 is 11.6 Å². The third kappa shape index (κ3) is 4.80. The Balaban J connectivity index is 1.60. The van der Waals surface area contributed by atoms with Gasteiger partial charge in [0.1, 0.15) is 0 Å². The van der Waals surface area contributed by atoms with Crippen LogP contribution in [0.15, 0.2) is 53.4 Å². The molecule has 144 valence electrons. The van der Waals surface area contributed by atoms with Gasteiger partial charge in [-0.2, -0.15) is 4.31 Å². The van der Waals surface area contributed by atoms with Gasteiger partial charge in [0.2, 0.25) is 10.0 Å². The molecule has 27 heavy (non-hydrogen) atoms. The number of nitrogens with one attached hydrogen (secondary N) is 2. The van der Waals surface area contributed by atoms with Crippen molar-refractivity contribution in [1.82, 2.24) is 9.62 Å². The number of halogens is 1. The highest BCUT2D eigenvalue weighted by atomic mass is 35.5. The average Bonchev–Trinajstić information content (AvgIpc) is 3.47. The van der Waals surface area contributed by atoms with Gasteiger partial charge in [-0.1, -0.05) is 23.7 Å². The van der Waals surface area contributed by atoms with Gasteiger partial charge < -0.3 is 10.6 Å². The van der Waals surface area contributed by atoms with Gasteiger partial charge in [0.25, 0.3) is 0 Å². The fourth-order valence-corrected chi connectivity index (χ4v) is 4.25. The number of rotatable bonds is 6. The number of hydrogen-bond acceptors (Lipinski definition) is 3. The van der Waals surface area contributed by atoms with E-state index in [0.29, 0.717) is 10.7 Å². The molecule has 2 N–H and O–H groups in total. The first-order valence-corrected chi connectivity index (χ1v) is 10.5. The third-order valence-electron chi connectivity index (χ3n) is 4.57. The SMILES string of the molecule is CC(NC(=O)Nc1ccc(S(=O)(=O)N(C)C2CC2)cc1)c1ccc(Cl)cc1. The van der Waals surface area contributed by atoms with E-state index in [0.717, 1.165) is 18.4 Å². The van der Waals surface area contributed by atoms with Gasteiger partial charge in [0.15, 0.2) is 0 Å². The fraction of sp³-hybridized carbons (Fsp3) is 0.316. The maximum absolute atomic E-state index is 12.5. The number of hydrogen-bond donors (Lipinski definition) is 2. The molecule has 0 saturated heterocycles. The molecule has 2 aromatic carbocycles. The second-order valence-electron chi connectivity index (χ2n) is 6.65. The number of nitrogens with zero attached hydrogens (tertiary/aromatic N) is 1. The predicted octanol–water partition coefficient (Wildman–Crippen LogP) is 4.01. The standard InChI is InChI=1S/C19H22ClN3O3S/c1-13(14-3-5-15(20)6-4-14)21-19(24)22-16-7-11-18(12-8-16)27(25,26)23(2)17-9-10-17/h3-8,11-13,17H,9-10H2,1-2H3,(H2,21,22,24). The van der Waals surface area contributed by atoms with Crippen molar-refractivity contribution in [3.05, 3.63) is 59.1 Å². The summed E-state index contributed by atoms with van der Waals surface area (Å²) in [6.07, 6.45) is 1.81. The lowest BCUT2D eigenvalue weighted by Crippen LogP contribution is -2.31. The molecule has 1 atom stereocenters. The summed E-state index contributed by atoms with van der Waals surface area (Å²) >= 11 is 5.87. The van der Waals surface area contributed by atoms with Crippen LogP contribution in [0.4, 0.5) is 10.5 Å². The molecule has 2 aromatic rings. The fourth-order valence-electron chi connectivity index (χ4n) is 2.71. The summed E-state index contributed by atoms with van der Waals surface area (Å²) in [4.78, 5) is 12.4. The number of urea groups is 1. The normalized spacial score (nSPS) is 15.4. The molecule has 1 saturated carbocycles. The van der Waals surface area contributed by atoms with Crippen LogP contribution in [0.5, 0.6) is 0 Å². The minimum absolute atomic E-state index is 0.105. The molecule has 8 heteroatoms. The van der Waals surface area contributed by atoms with Crippen molar-refractivity contribution < 1.29 is 13.2 Å². The van der Waals surface area contributed by atoms with Crippen molar-refractivity contribution in [2.75, 3.05) is 12.4 Å². The van der Waals surface area contributed by atoms with E-state index in [-0.39, 0.29) is 23.0 Å². The molecular formula is C19H22ClN3O3S. The second-order valence-corrected chi connectivity index (χ2v) is 9.08. The third-order valence-corrected chi connectivity index (χ3v) is 6.74. The number of carbonyl (C=O) groups excluding carboxylic acids is 1. The Labute approximate surface area is 164 Å². The van der Waals surface area contributed by atoms with E-state index in [9.17, 15) is 13.2 Å². The van der Waals surface area contributed by atoms with E-state index in [4.69, 9.17) is 11.6 Å². The van der Waals surface area contributed by atoms with Gasteiger partial charge in [-0.3, -0.25) is 0 Å². The Kier molecular flexibility index (Phi) is 5.74. The van der Waals surface area contributed by atoms with Crippen LogP contribution in [-0.4, -0.2) is 31.8 Å². The summed E-state index contributed by atoms with van der Waals surface area (Å²) in [7, 11) is -1.88. The lowest BCUT2D eigenvalue weighted by atomic mass is 10.1. The number of carbonyl (C=O) groups is 1. The van der Waals surface area contributed by atoms with Crippen LogP contribution in [0, 0.1) is 0 Å². The summed E-state index contributed by atoms with van der Waals surface area (Å²) in [6, 6.07) is 13.0. The quantitative estimate of drug-likeness (QED) is 0.759. The van der Waals surface area contributed by atoms with Gasteiger partial charge in [0, 0.05) is 23.8 Å². The molecule has 0 spiro atoms. The average molecular weight is 408 g/mol. The molecule has 1 fully saturated rings. The van der Waals surface area contributed by atoms with E-state index < -0.39 is 10.0 Å².